The third-order valence-corrected chi connectivity index (χ3v) is 4.97. The zero-order chi connectivity index (χ0) is 17.9. The Kier molecular flexibility index (Phi) is 4.45. The number of nitrogens with zero attached hydrogens (tertiary/aromatic N) is 2. The van der Waals surface area contributed by atoms with E-state index in [0.717, 1.165) is 33.1 Å². The lowest BCUT2D eigenvalue weighted by Crippen LogP contribution is -2.22. The maximum Gasteiger partial charge on any atom is 0.237 e. The lowest BCUT2D eigenvalue weighted by Gasteiger charge is -2.11. The van der Waals surface area contributed by atoms with Crippen LogP contribution in [0.25, 0.3) is 22.3 Å². The average molecular weight is 363 g/mol. The van der Waals surface area contributed by atoms with Gasteiger partial charge in [0.15, 0.2) is 5.16 Å². The van der Waals surface area contributed by atoms with E-state index in [1.807, 2.05) is 55.5 Å². The van der Waals surface area contributed by atoms with E-state index in [1.165, 1.54) is 11.8 Å². The lowest BCUT2D eigenvalue weighted by atomic mass is 10.1. The number of anilines is 1. The van der Waals surface area contributed by atoms with Gasteiger partial charge in [0, 0.05) is 5.69 Å². The minimum atomic E-state index is -0.275. The summed E-state index contributed by atoms with van der Waals surface area (Å²) in [5, 5.41) is 3.41. The fourth-order valence-electron chi connectivity index (χ4n) is 2.60. The summed E-state index contributed by atoms with van der Waals surface area (Å²) in [5.41, 5.74) is 4.59. The molecule has 0 saturated carbocycles. The molecule has 6 nitrogen and oxygen atoms in total. The second kappa shape index (κ2) is 7.05. The van der Waals surface area contributed by atoms with Crippen LogP contribution >= 0.6 is 11.8 Å². The van der Waals surface area contributed by atoms with Gasteiger partial charge in [-0.2, -0.15) is 0 Å². The van der Waals surface area contributed by atoms with Gasteiger partial charge in [0.05, 0.1) is 34.5 Å². The highest BCUT2D eigenvalue weighted by atomic mass is 32.2. The van der Waals surface area contributed by atoms with Crippen LogP contribution in [0.2, 0.25) is 0 Å². The Hall–Kier alpha value is -3.06. The number of aromatic nitrogens is 4. The summed E-state index contributed by atoms with van der Waals surface area (Å²) in [4.78, 5) is 27.3. The van der Waals surface area contributed by atoms with Crippen LogP contribution in [0.5, 0.6) is 0 Å². The van der Waals surface area contributed by atoms with Crippen molar-refractivity contribution in [2.24, 2.45) is 0 Å². The summed E-state index contributed by atoms with van der Waals surface area (Å²) in [7, 11) is 0. The highest BCUT2D eigenvalue weighted by Crippen LogP contribution is 2.25. The molecule has 0 unspecified atom stereocenters. The number of hydrogen-bond acceptors (Lipinski definition) is 4. The maximum absolute atomic E-state index is 12.5. The molecule has 0 spiro atoms. The number of nitrogens with one attached hydrogen (secondary N) is 3. The molecule has 4 rings (SSSR count). The molecule has 1 atom stereocenters. The largest absolute Gasteiger partial charge is 0.345 e. The maximum atomic E-state index is 12.5. The molecule has 0 aliphatic rings. The standard InChI is InChI=1S/C19H17N5OS/c1-12(26-19-23-15-4-2-3-5-16(15)24-19)18(25)22-14-8-6-13(7-9-14)17-10-20-11-21-17/h2-12H,1H3,(H,20,21)(H,22,25)(H,23,24)/t12-/m1/s1. The summed E-state index contributed by atoms with van der Waals surface area (Å²) in [6.45, 7) is 1.87. The molecule has 0 aliphatic heterocycles. The van der Waals surface area contributed by atoms with Crippen molar-refractivity contribution >= 4 is 34.4 Å². The van der Waals surface area contributed by atoms with Gasteiger partial charge in [0.1, 0.15) is 0 Å². The van der Waals surface area contributed by atoms with Crippen LogP contribution in [0.3, 0.4) is 0 Å². The molecule has 2 aromatic heterocycles. The number of carbonyl (C=O) groups is 1. The molecule has 7 heteroatoms. The van der Waals surface area contributed by atoms with Gasteiger partial charge in [-0.15, -0.1) is 0 Å². The molecule has 26 heavy (non-hydrogen) atoms. The number of imidazole rings is 2. The van der Waals surface area contributed by atoms with Crippen LogP contribution in [-0.4, -0.2) is 31.1 Å². The smallest absolute Gasteiger partial charge is 0.237 e. The van der Waals surface area contributed by atoms with Crippen LogP contribution in [-0.2, 0) is 4.79 Å². The minimum absolute atomic E-state index is 0.0650. The van der Waals surface area contributed by atoms with Crippen LogP contribution in [0.4, 0.5) is 5.69 Å². The van der Waals surface area contributed by atoms with Crippen LogP contribution in [0.15, 0.2) is 66.2 Å². The predicted octanol–water partition coefficient (Wildman–Crippen LogP) is 4.07. The number of benzene rings is 2. The van der Waals surface area contributed by atoms with E-state index < -0.39 is 0 Å². The third kappa shape index (κ3) is 3.48. The van der Waals surface area contributed by atoms with Gasteiger partial charge < -0.3 is 15.3 Å². The lowest BCUT2D eigenvalue weighted by molar-refractivity contribution is -0.115. The molecule has 0 fully saturated rings. The van der Waals surface area contributed by atoms with Gasteiger partial charge in [-0.3, -0.25) is 4.79 Å². The zero-order valence-corrected chi connectivity index (χ0v) is 14.9. The fourth-order valence-corrected chi connectivity index (χ4v) is 3.42. The van der Waals surface area contributed by atoms with E-state index in [2.05, 4.69) is 25.3 Å². The van der Waals surface area contributed by atoms with E-state index in [1.54, 1.807) is 12.5 Å². The van der Waals surface area contributed by atoms with Gasteiger partial charge in [0.25, 0.3) is 0 Å². The number of thioether (sulfide) groups is 1. The number of aromatic amines is 2. The second-order valence-corrected chi connectivity index (χ2v) is 7.18. The van der Waals surface area contributed by atoms with Crippen molar-refractivity contribution in [1.29, 1.82) is 0 Å². The SMILES string of the molecule is C[C@@H](Sc1nc2ccccc2[nH]1)C(=O)Nc1ccc(-c2cnc[nH]2)cc1. The van der Waals surface area contributed by atoms with Crippen molar-refractivity contribution in [2.75, 3.05) is 5.32 Å². The number of H-pyrrole nitrogens is 2. The summed E-state index contributed by atoms with van der Waals surface area (Å²) in [6, 6.07) is 15.5. The third-order valence-electron chi connectivity index (χ3n) is 3.99. The van der Waals surface area contributed by atoms with Gasteiger partial charge in [0.2, 0.25) is 5.91 Å². The molecule has 2 heterocycles. The molecular weight excluding hydrogens is 346 g/mol. The van der Waals surface area contributed by atoms with Crippen molar-refractivity contribution < 1.29 is 4.79 Å². The van der Waals surface area contributed by atoms with Crippen molar-refractivity contribution in [3.05, 3.63) is 61.1 Å². The van der Waals surface area contributed by atoms with E-state index in [-0.39, 0.29) is 11.2 Å². The Morgan fingerprint density at radius 3 is 2.69 bits per heavy atom. The predicted molar refractivity (Wildman–Crippen MR) is 104 cm³/mol. The minimum Gasteiger partial charge on any atom is -0.345 e. The number of hydrogen-bond donors (Lipinski definition) is 3. The summed E-state index contributed by atoms with van der Waals surface area (Å²) in [5.74, 6) is -0.0650. The van der Waals surface area contributed by atoms with Crippen LogP contribution in [0, 0.1) is 0 Å². The number of amides is 1. The summed E-state index contributed by atoms with van der Waals surface area (Å²) >= 11 is 1.41. The summed E-state index contributed by atoms with van der Waals surface area (Å²) in [6.07, 6.45) is 3.40. The Morgan fingerprint density at radius 2 is 1.96 bits per heavy atom. The van der Waals surface area contributed by atoms with Crippen LogP contribution in [0.1, 0.15) is 6.92 Å². The fraction of sp³-hybridized carbons (Fsp3) is 0.105. The highest BCUT2D eigenvalue weighted by Gasteiger charge is 2.16. The zero-order valence-electron chi connectivity index (χ0n) is 14.1. The van der Waals surface area contributed by atoms with Gasteiger partial charge in [-0.05, 0) is 36.8 Å². The molecule has 1 amide bonds. The van der Waals surface area contributed by atoms with Crippen molar-refractivity contribution in [3.8, 4) is 11.3 Å². The number of rotatable bonds is 5. The molecule has 4 aromatic rings. The molecule has 3 N–H and O–H groups in total. The summed E-state index contributed by atoms with van der Waals surface area (Å²) < 4.78 is 0. The molecule has 0 saturated heterocycles. The first-order valence-electron chi connectivity index (χ1n) is 8.20. The normalized spacial score (nSPS) is 12.2. The molecule has 0 aliphatic carbocycles. The molecule has 0 bridgehead atoms. The topological polar surface area (TPSA) is 86.5 Å². The van der Waals surface area contributed by atoms with Crippen molar-refractivity contribution in [2.45, 2.75) is 17.3 Å². The first-order valence-corrected chi connectivity index (χ1v) is 9.08. The number of fused-ring (bicyclic) bond motifs is 1. The number of carbonyl (C=O) groups excluding carboxylic acids is 1. The van der Waals surface area contributed by atoms with Crippen LogP contribution < -0.4 is 5.32 Å². The second-order valence-electron chi connectivity index (χ2n) is 5.85. The molecule has 130 valence electrons. The Morgan fingerprint density at radius 1 is 1.15 bits per heavy atom. The monoisotopic (exact) mass is 363 g/mol. The molecule has 2 aromatic carbocycles. The van der Waals surface area contributed by atoms with Crippen molar-refractivity contribution in [1.82, 2.24) is 19.9 Å². The first-order chi connectivity index (χ1) is 12.7. The highest BCUT2D eigenvalue weighted by molar-refractivity contribution is 8.00. The van der Waals surface area contributed by atoms with Gasteiger partial charge >= 0.3 is 0 Å². The van der Waals surface area contributed by atoms with Gasteiger partial charge in [-0.25, -0.2) is 9.97 Å². The number of para-hydroxylation sites is 2. The van der Waals surface area contributed by atoms with E-state index in [0.29, 0.717) is 0 Å². The Labute approximate surface area is 154 Å². The van der Waals surface area contributed by atoms with E-state index in [4.69, 9.17) is 0 Å². The molecular formula is C19H17N5OS. The average Bonchev–Trinajstić information content (AvgIpc) is 3.31. The van der Waals surface area contributed by atoms with Gasteiger partial charge in [-0.1, -0.05) is 36.0 Å². The van der Waals surface area contributed by atoms with E-state index in [9.17, 15) is 4.79 Å². The van der Waals surface area contributed by atoms with Crippen molar-refractivity contribution in [3.63, 3.8) is 0 Å². The van der Waals surface area contributed by atoms with E-state index >= 15 is 0 Å². The Bertz CT molecular complexity index is 991. The Balaban J connectivity index is 1.40. The first kappa shape index (κ1) is 16.4. The quantitative estimate of drug-likeness (QED) is 0.467. The molecule has 0 radical (unpaired) electrons.